The van der Waals surface area contributed by atoms with E-state index in [0.717, 1.165) is 18.3 Å². The van der Waals surface area contributed by atoms with Gasteiger partial charge in [0.25, 0.3) is 0 Å². The van der Waals surface area contributed by atoms with Crippen LogP contribution in [-0.4, -0.2) is 16.1 Å². The number of nitrogen functional groups attached to an aromatic ring is 1. The van der Waals surface area contributed by atoms with E-state index in [1.165, 1.54) is 18.2 Å². The second-order valence-electron chi connectivity index (χ2n) is 4.01. The van der Waals surface area contributed by atoms with Crippen molar-refractivity contribution in [2.45, 2.75) is 6.18 Å². The molecule has 0 amide bonds. The molecule has 0 saturated heterocycles. The second-order valence-corrected chi connectivity index (χ2v) is 4.01. The first kappa shape index (κ1) is 13.9. The van der Waals surface area contributed by atoms with Crippen molar-refractivity contribution >= 4 is 11.8 Å². The molecule has 2 aromatic rings. The minimum Gasteiger partial charge on any atom is -0.478 e. The molecular weight excluding hydrogens is 273 g/mol. The number of hydrogen-bond donors (Lipinski definition) is 2. The predicted molar refractivity (Wildman–Crippen MR) is 66.0 cm³/mol. The molecule has 1 heterocycles. The summed E-state index contributed by atoms with van der Waals surface area (Å²) in [5.41, 5.74) is 4.18. The van der Waals surface area contributed by atoms with Crippen molar-refractivity contribution < 1.29 is 23.1 Å². The van der Waals surface area contributed by atoms with E-state index in [4.69, 9.17) is 10.8 Å². The van der Waals surface area contributed by atoms with Gasteiger partial charge in [0.05, 0.1) is 11.1 Å². The molecule has 0 fully saturated rings. The standard InChI is InChI=1S/C13H9F3N2O2/c14-13(15,16)10-4-2-1-3-8(10)9-5-7(12(19)20)6-18-11(9)17/h1-6H,(H2,17,18)(H,19,20). The maximum absolute atomic E-state index is 12.9. The average molecular weight is 282 g/mol. The molecule has 4 nitrogen and oxygen atoms in total. The molecule has 0 spiro atoms. The highest BCUT2D eigenvalue weighted by Crippen LogP contribution is 2.38. The Morgan fingerprint density at radius 2 is 1.85 bits per heavy atom. The molecule has 0 atom stereocenters. The minimum absolute atomic E-state index is 0.0576. The van der Waals surface area contributed by atoms with Gasteiger partial charge < -0.3 is 10.8 Å². The number of carboxylic acids is 1. The Hall–Kier alpha value is -2.57. The van der Waals surface area contributed by atoms with Crippen LogP contribution in [0.4, 0.5) is 19.0 Å². The normalized spacial score (nSPS) is 11.3. The van der Waals surface area contributed by atoms with Crippen molar-refractivity contribution in [3.05, 3.63) is 47.7 Å². The number of carbonyl (C=O) groups is 1. The number of alkyl halides is 3. The Morgan fingerprint density at radius 3 is 2.45 bits per heavy atom. The maximum atomic E-state index is 12.9. The second kappa shape index (κ2) is 4.84. The number of nitrogens with two attached hydrogens (primary N) is 1. The Labute approximate surface area is 111 Å². The van der Waals surface area contributed by atoms with Gasteiger partial charge in [0.2, 0.25) is 0 Å². The largest absolute Gasteiger partial charge is 0.478 e. The molecule has 0 unspecified atom stereocenters. The first-order valence-electron chi connectivity index (χ1n) is 5.46. The van der Waals surface area contributed by atoms with Gasteiger partial charge in [0, 0.05) is 11.8 Å². The first-order chi connectivity index (χ1) is 9.30. The highest BCUT2D eigenvalue weighted by Gasteiger charge is 2.33. The molecule has 0 aliphatic heterocycles. The molecular formula is C13H9F3N2O2. The van der Waals surface area contributed by atoms with E-state index in [9.17, 15) is 18.0 Å². The summed E-state index contributed by atoms with van der Waals surface area (Å²) in [5.74, 6) is -1.45. The lowest BCUT2D eigenvalue weighted by molar-refractivity contribution is -0.137. The van der Waals surface area contributed by atoms with Crippen LogP contribution in [0.2, 0.25) is 0 Å². The number of anilines is 1. The zero-order chi connectivity index (χ0) is 14.9. The number of rotatable bonds is 2. The molecule has 104 valence electrons. The number of hydrogen-bond acceptors (Lipinski definition) is 3. The van der Waals surface area contributed by atoms with E-state index < -0.39 is 17.7 Å². The lowest BCUT2D eigenvalue weighted by Gasteiger charge is -2.14. The van der Waals surface area contributed by atoms with Crippen LogP contribution in [0.3, 0.4) is 0 Å². The topological polar surface area (TPSA) is 76.2 Å². The van der Waals surface area contributed by atoms with Gasteiger partial charge in [0.15, 0.2) is 0 Å². The maximum Gasteiger partial charge on any atom is 0.417 e. The zero-order valence-electron chi connectivity index (χ0n) is 9.98. The molecule has 3 N–H and O–H groups in total. The summed E-state index contributed by atoms with van der Waals surface area (Å²) in [6.07, 6.45) is -3.57. The summed E-state index contributed by atoms with van der Waals surface area (Å²) in [5, 5.41) is 8.87. The van der Waals surface area contributed by atoms with E-state index in [-0.39, 0.29) is 22.5 Å². The van der Waals surface area contributed by atoms with Gasteiger partial charge in [0.1, 0.15) is 5.82 Å². The summed E-state index contributed by atoms with van der Waals surface area (Å²) in [7, 11) is 0. The van der Waals surface area contributed by atoms with Crippen LogP contribution in [-0.2, 0) is 6.18 Å². The van der Waals surface area contributed by atoms with Gasteiger partial charge in [-0.25, -0.2) is 9.78 Å². The van der Waals surface area contributed by atoms with Crippen LogP contribution in [0.1, 0.15) is 15.9 Å². The van der Waals surface area contributed by atoms with Gasteiger partial charge >= 0.3 is 12.1 Å². The van der Waals surface area contributed by atoms with E-state index in [0.29, 0.717) is 0 Å². The summed E-state index contributed by atoms with van der Waals surface area (Å²) in [6.45, 7) is 0. The van der Waals surface area contributed by atoms with Gasteiger partial charge in [-0.05, 0) is 17.7 Å². The fourth-order valence-electron chi connectivity index (χ4n) is 1.77. The van der Waals surface area contributed by atoms with Crippen molar-refractivity contribution in [1.29, 1.82) is 0 Å². The van der Waals surface area contributed by atoms with Crippen molar-refractivity contribution in [3.8, 4) is 11.1 Å². The van der Waals surface area contributed by atoms with Gasteiger partial charge in [-0.3, -0.25) is 0 Å². The molecule has 0 bridgehead atoms. The Balaban J connectivity index is 2.69. The summed E-state index contributed by atoms with van der Waals surface area (Å²) >= 11 is 0. The number of benzene rings is 1. The highest BCUT2D eigenvalue weighted by molar-refractivity contribution is 5.91. The van der Waals surface area contributed by atoms with Crippen LogP contribution >= 0.6 is 0 Å². The molecule has 1 aromatic heterocycles. The lowest BCUT2D eigenvalue weighted by atomic mass is 9.98. The Kier molecular flexibility index (Phi) is 3.35. The summed E-state index contributed by atoms with van der Waals surface area (Å²) in [6, 6.07) is 5.87. The van der Waals surface area contributed by atoms with Crippen LogP contribution in [0.15, 0.2) is 36.5 Å². The van der Waals surface area contributed by atoms with E-state index in [2.05, 4.69) is 4.98 Å². The smallest absolute Gasteiger partial charge is 0.417 e. The van der Waals surface area contributed by atoms with Crippen LogP contribution in [0.5, 0.6) is 0 Å². The number of pyridine rings is 1. The third-order valence-electron chi connectivity index (χ3n) is 2.69. The average Bonchev–Trinajstić information content (AvgIpc) is 2.38. The Bertz CT molecular complexity index is 669. The van der Waals surface area contributed by atoms with Crippen molar-refractivity contribution in [2.75, 3.05) is 5.73 Å². The third kappa shape index (κ3) is 2.56. The number of nitrogens with zero attached hydrogens (tertiary/aromatic N) is 1. The fourth-order valence-corrected chi connectivity index (χ4v) is 1.77. The van der Waals surface area contributed by atoms with Gasteiger partial charge in [-0.15, -0.1) is 0 Å². The van der Waals surface area contributed by atoms with Crippen molar-refractivity contribution in [2.24, 2.45) is 0 Å². The van der Waals surface area contributed by atoms with E-state index in [1.54, 1.807) is 0 Å². The van der Waals surface area contributed by atoms with Crippen LogP contribution in [0.25, 0.3) is 11.1 Å². The molecule has 20 heavy (non-hydrogen) atoms. The lowest BCUT2D eigenvalue weighted by Crippen LogP contribution is -2.08. The van der Waals surface area contributed by atoms with Gasteiger partial charge in [-0.2, -0.15) is 13.2 Å². The first-order valence-corrected chi connectivity index (χ1v) is 5.46. The quantitative estimate of drug-likeness (QED) is 0.887. The summed E-state index contributed by atoms with van der Waals surface area (Å²) < 4.78 is 38.8. The minimum atomic E-state index is -4.57. The molecule has 0 saturated carbocycles. The number of aromatic nitrogens is 1. The van der Waals surface area contributed by atoms with Crippen LogP contribution < -0.4 is 5.73 Å². The van der Waals surface area contributed by atoms with Crippen LogP contribution in [0, 0.1) is 0 Å². The van der Waals surface area contributed by atoms with Gasteiger partial charge in [-0.1, -0.05) is 18.2 Å². The molecule has 0 aliphatic carbocycles. The Morgan fingerprint density at radius 1 is 1.20 bits per heavy atom. The third-order valence-corrected chi connectivity index (χ3v) is 2.69. The molecule has 0 radical (unpaired) electrons. The predicted octanol–water partition coefficient (Wildman–Crippen LogP) is 3.05. The molecule has 7 heteroatoms. The highest BCUT2D eigenvalue weighted by atomic mass is 19.4. The zero-order valence-corrected chi connectivity index (χ0v) is 9.98. The SMILES string of the molecule is Nc1ncc(C(=O)O)cc1-c1ccccc1C(F)(F)F. The monoisotopic (exact) mass is 282 g/mol. The van der Waals surface area contributed by atoms with Crippen molar-refractivity contribution in [1.82, 2.24) is 4.98 Å². The number of carboxylic acid groups (broad SMARTS) is 1. The number of halogens is 3. The molecule has 2 rings (SSSR count). The number of aromatic carboxylic acids is 1. The van der Waals surface area contributed by atoms with E-state index in [1.807, 2.05) is 0 Å². The van der Waals surface area contributed by atoms with Crippen molar-refractivity contribution in [3.63, 3.8) is 0 Å². The van der Waals surface area contributed by atoms with E-state index >= 15 is 0 Å². The summed E-state index contributed by atoms with van der Waals surface area (Å²) in [4.78, 5) is 14.5. The molecule has 0 aliphatic rings. The molecule has 1 aromatic carbocycles. The fraction of sp³-hybridized carbons (Fsp3) is 0.0769.